The molecule has 0 unspecified atom stereocenters. The van der Waals surface area contributed by atoms with Crippen LogP contribution in [0.5, 0.6) is 11.8 Å². The molecule has 0 bridgehead atoms. The topological polar surface area (TPSA) is 111 Å². The number of hydrogen-bond acceptors (Lipinski definition) is 5. The lowest BCUT2D eigenvalue weighted by atomic mass is 9.95. The molecule has 34 heavy (non-hydrogen) atoms. The van der Waals surface area contributed by atoms with Gasteiger partial charge in [-0.15, -0.1) is 13.2 Å². The molecule has 11 heteroatoms. The molecule has 4 rings (SSSR count). The predicted octanol–water partition coefficient (Wildman–Crippen LogP) is 2.41. The van der Waals surface area contributed by atoms with E-state index in [0.29, 0.717) is 28.5 Å². The van der Waals surface area contributed by atoms with Crippen molar-refractivity contribution in [1.29, 1.82) is 0 Å². The van der Waals surface area contributed by atoms with Gasteiger partial charge in [0.15, 0.2) is 0 Å². The molecular formula is C23H22ClFN4O5. The molecule has 2 N–H and O–H groups in total. The first-order chi connectivity index (χ1) is 16.2. The number of rotatable bonds is 6. The van der Waals surface area contributed by atoms with Crippen molar-refractivity contribution in [3.63, 3.8) is 0 Å². The highest BCUT2D eigenvalue weighted by Gasteiger charge is 2.28. The van der Waals surface area contributed by atoms with Crippen LogP contribution >= 0.6 is 11.6 Å². The molecule has 3 aromatic rings. The first kappa shape index (κ1) is 23.4. The van der Waals surface area contributed by atoms with Gasteiger partial charge in [0.2, 0.25) is 11.8 Å². The van der Waals surface area contributed by atoms with Crippen molar-refractivity contribution in [1.82, 2.24) is 18.3 Å². The summed E-state index contributed by atoms with van der Waals surface area (Å²) in [5.41, 5.74) is -2.38. The first-order valence-corrected chi connectivity index (χ1v) is 10.9. The van der Waals surface area contributed by atoms with E-state index in [1.54, 1.807) is 0 Å². The maximum atomic E-state index is 15.0. The monoisotopic (exact) mass is 488 g/mol. The number of nitrogens with zero attached hydrogens (tertiary/aromatic N) is 4. The van der Waals surface area contributed by atoms with Crippen LogP contribution in [0.15, 0.2) is 51.8 Å². The molecule has 2 aromatic heterocycles. The minimum atomic E-state index is -1.00. The van der Waals surface area contributed by atoms with Crippen molar-refractivity contribution < 1.29 is 14.6 Å². The van der Waals surface area contributed by atoms with Crippen LogP contribution < -0.4 is 17.1 Å². The molecule has 9 nitrogen and oxygen atoms in total. The van der Waals surface area contributed by atoms with Crippen molar-refractivity contribution in [2.24, 2.45) is 0 Å². The molecule has 178 valence electrons. The Bertz CT molecular complexity index is 1430. The molecule has 1 aliphatic carbocycles. The van der Waals surface area contributed by atoms with E-state index in [4.69, 9.17) is 11.6 Å². The number of hydrogen-bond donors (Lipinski definition) is 2. The summed E-state index contributed by atoms with van der Waals surface area (Å²) in [7, 11) is 0. The fourth-order valence-electron chi connectivity index (χ4n) is 4.28. The van der Waals surface area contributed by atoms with Gasteiger partial charge < -0.3 is 10.2 Å². The molecule has 0 aliphatic heterocycles. The number of aromatic nitrogens is 4. The van der Waals surface area contributed by atoms with Crippen LogP contribution in [0, 0.1) is 5.82 Å². The molecule has 2 heterocycles. The van der Waals surface area contributed by atoms with E-state index in [2.05, 4.69) is 13.2 Å². The highest BCUT2D eigenvalue weighted by Crippen LogP contribution is 2.42. The van der Waals surface area contributed by atoms with Gasteiger partial charge in [-0.25, -0.2) is 37.0 Å². The van der Waals surface area contributed by atoms with E-state index in [0.717, 1.165) is 38.7 Å². The lowest BCUT2D eigenvalue weighted by Gasteiger charge is -2.16. The van der Waals surface area contributed by atoms with E-state index < -0.39 is 22.9 Å². The first-order valence-electron chi connectivity index (χ1n) is 10.6. The molecule has 0 amide bonds. The minimum absolute atomic E-state index is 0.188. The third-order valence-electron chi connectivity index (χ3n) is 5.86. The van der Waals surface area contributed by atoms with Gasteiger partial charge >= 0.3 is 17.1 Å². The largest absolute Gasteiger partial charge is 0.494 e. The van der Waals surface area contributed by atoms with Crippen LogP contribution in [0.3, 0.4) is 0 Å². The maximum absolute atomic E-state index is 15.0. The Kier molecular flexibility index (Phi) is 6.09. The molecular weight excluding hydrogens is 467 g/mol. The normalized spacial score (nSPS) is 13.0. The Morgan fingerprint density at radius 3 is 1.82 bits per heavy atom. The van der Waals surface area contributed by atoms with Gasteiger partial charge in [-0.2, -0.15) is 0 Å². The molecule has 0 fully saturated rings. The molecule has 0 saturated carbocycles. The summed E-state index contributed by atoms with van der Waals surface area (Å²) in [6, 6.07) is 1.95. The van der Waals surface area contributed by atoms with Crippen molar-refractivity contribution in [3.05, 3.63) is 90.9 Å². The predicted molar refractivity (Wildman–Crippen MR) is 125 cm³/mol. The average Bonchev–Trinajstić information content (AvgIpc) is 3.06. The van der Waals surface area contributed by atoms with E-state index in [1.165, 1.54) is 12.2 Å². The van der Waals surface area contributed by atoms with Crippen molar-refractivity contribution in [2.75, 3.05) is 0 Å². The number of fused-ring (bicyclic) bond motifs is 1. The highest BCUT2D eigenvalue weighted by atomic mass is 35.5. The van der Waals surface area contributed by atoms with Crippen molar-refractivity contribution in [2.45, 2.75) is 38.8 Å². The summed E-state index contributed by atoms with van der Waals surface area (Å²) in [5, 5.41) is 21.2. The van der Waals surface area contributed by atoms with Gasteiger partial charge in [0.25, 0.3) is 0 Å². The van der Waals surface area contributed by atoms with Crippen LogP contribution in [-0.4, -0.2) is 28.5 Å². The lowest BCUT2D eigenvalue weighted by molar-refractivity contribution is 0.396. The van der Waals surface area contributed by atoms with Gasteiger partial charge in [0.1, 0.15) is 5.82 Å². The molecule has 0 spiro atoms. The highest BCUT2D eigenvalue weighted by molar-refractivity contribution is 6.32. The molecule has 1 aromatic carbocycles. The van der Waals surface area contributed by atoms with Crippen LogP contribution in [0.25, 0.3) is 11.4 Å². The third kappa shape index (κ3) is 3.50. The minimum Gasteiger partial charge on any atom is -0.494 e. The van der Waals surface area contributed by atoms with Crippen LogP contribution in [0.4, 0.5) is 4.39 Å². The van der Waals surface area contributed by atoms with Gasteiger partial charge in [0.05, 0.1) is 29.5 Å². The second-order valence-corrected chi connectivity index (χ2v) is 8.29. The summed E-state index contributed by atoms with van der Waals surface area (Å²) < 4.78 is 18.2. The Balaban J connectivity index is 2.06. The lowest BCUT2D eigenvalue weighted by Crippen LogP contribution is -2.53. The van der Waals surface area contributed by atoms with Gasteiger partial charge in [-0.1, -0.05) is 23.8 Å². The fraction of sp³-hybridized carbons (Fsp3) is 0.261. The van der Waals surface area contributed by atoms with Gasteiger partial charge in [-0.3, -0.25) is 0 Å². The Morgan fingerprint density at radius 2 is 1.35 bits per heavy atom. The van der Waals surface area contributed by atoms with Crippen LogP contribution in [0.1, 0.15) is 24.0 Å². The number of halogens is 2. The summed E-state index contributed by atoms with van der Waals surface area (Å²) in [6.07, 6.45) is 5.27. The second kappa shape index (κ2) is 8.86. The van der Waals surface area contributed by atoms with E-state index in [9.17, 15) is 24.6 Å². The summed E-state index contributed by atoms with van der Waals surface area (Å²) >= 11 is 6.24. The summed E-state index contributed by atoms with van der Waals surface area (Å²) in [5.74, 6) is -1.55. The van der Waals surface area contributed by atoms with Crippen LogP contribution in [0.2, 0.25) is 5.02 Å². The molecule has 1 aliphatic rings. The average molecular weight is 489 g/mol. The smallest absolute Gasteiger partial charge is 0.341 e. The van der Waals surface area contributed by atoms with E-state index >= 15 is 4.39 Å². The Labute approximate surface area is 197 Å². The Morgan fingerprint density at radius 1 is 0.853 bits per heavy atom. The fourth-order valence-corrected chi connectivity index (χ4v) is 4.51. The molecule has 0 radical (unpaired) electrons. The summed E-state index contributed by atoms with van der Waals surface area (Å²) in [6.45, 7) is 6.67. The zero-order valence-corrected chi connectivity index (χ0v) is 18.9. The molecule has 0 atom stereocenters. The zero-order chi connectivity index (χ0) is 24.7. The third-order valence-corrected chi connectivity index (χ3v) is 6.16. The zero-order valence-electron chi connectivity index (χ0n) is 18.1. The number of benzene rings is 1. The van der Waals surface area contributed by atoms with Crippen molar-refractivity contribution >= 4 is 11.6 Å². The quantitative estimate of drug-likeness (QED) is 0.518. The number of allylic oxidation sites excluding steroid dienone is 2. The van der Waals surface area contributed by atoms with Crippen molar-refractivity contribution in [3.8, 4) is 23.1 Å². The van der Waals surface area contributed by atoms with Crippen LogP contribution in [-0.2, 0) is 25.9 Å². The SMILES string of the molecule is C=CCn1c(=O)n(CC=C)c(=O)n(-c2cc(-n3c(O)c4c(c3O)CCCC4)c(F)cc2Cl)c1=O. The van der Waals surface area contributed by atoms with E-state index in [1.807, 2.05) is 0 Å². The van der Waals surface area contributed by atoms with E-state index in [-0.39, 0.29) is 41.2 Å². The molecule has 0 saturated heterocycles. The second-order valence-electron chi connectivity index (χ2n) is 7.88. The Hall–Kier alpha value is -3.79. The van der Waals surface area contributed by atoms with Gasteiger partial charge in [0, 0.05) is 11.1 Å². The standard InChI is InChI=1S/C23H22ClFN4O5/c1-3-9-26-21(32)27(10-4-2)23(34)29(22(26)33)17-12-18(16(25)11-15(17)24)28-19(30)13-7-5-6-8-14(13)20(28)31/h3-4,11-12,30-31H,1-2,5-10H2. The maximum Gasteiger partial charge on any atom is 0.341 e. The van der Waals surface area contributed by atoms with Gasteiger partial charge in [-0.05, 0) is 37.8 Å². The summed E-state index contributed by atoms with van der Waals surface area (Å²) in [4.78, 5) is 38.9. The number of aromatic hydroxyl groups is 2.